The first-order valence-electron chi connectivity index (χ1n) is 5.17. The smallest absolute Gasteiger partial charge is 0.0373 e. The minimum atomic E-state index is 0.965. The summed E-state index contributed by atoms with van der Waals surface area (Å²) in [6, 6.07) is 6.43. The zero-order valence-electron chi connectivity index (χ0n) is 9.52. The SMILES string of the molecule is C/C=C(/NCC)c1cccc(C)c1C. The third kappa shape index (κ3) is 2.16. The van der Waals surface area contributed by atoms with Crippen LogP contribution in [0, 0.1) is 13.8 Å². The molecule has 14 heavy (non-hydrogen) atoms. The molecule has 0 aliphatic heterocycles. The molecule has 0 aliphatic carbocycles. The van der Waals surface area contributed by atoms with Crippen LogP contribution in [-0.4, -0.2) is 6.54 Å². The van der Waals surface area contributed by atoms with E-state index in [1.54, 1.807) is 0 Å². The molecule has 1 heteroatoms. The number of hydrogen-bond acceptors (Lipinski definition) is 1. The predicted molar refractivity (Wildman–Crippen MR) is 63.2 cm³/mol. The van der Waals surface area contributed by atoms with Crippen LogP contribution >= 0.6 is 0 Å². The summed E-state index contributed by atoms with van der Waals surface area (Å²) in [6.45, 7) is 9.48. The van der Waals surface area contributed by atoms with Gasteiger partial charge in [-0.25, -0.2) is 0 Å². The molecule has 0 radical (unpaired) electrons. The zero-order chi connectivity index (χ0) is 10.6. The number of allylic oxidation sites excluding steroid dienone is 1. The molecule has 0 spiro atoms. The number of aryl methyl sites for hydroxylation is 1. The van der Waals surface area contributed by atoms with Crippen LogP contribution in [0.1, 0.15) is 30.5 Å². The van der Waals surface area contributed by atoms with Gasteiger partial charge in [-0.1, -0.05) is 24.3 Å². The minimum absolute atomic E-state index is 0.965. The molecule has 0 bridgehead atoms. The highest BCUT2D eigenvalue weighted by atomic mass is 14.9. The second-order valence-corrected chi connectivity index (χ2v) is 3.48. The van der Waals surface area contributed by atoms with Crippen LogP contribution in [0.3, 0.4) is 0 Å². The van der Waals surface area contributed by atoms with E-state index in [1.807, 2.05) is 0 Å². The second-order valence-electron chi connectivity index (χ2n) is 3.48. The van der Waals surface area contributed by atoms with E-state index in [0.717, 1.165) is 6.54 Å². The summed E-state index contributed by atoms with van der Waals surface area (Å²) >= 11 is 0. The summed E-state index contributed by atoms with van der Waals surface area (Å²) < 4.78 is 0. The lowest BCUT2D eigenvalue weighted by molar-refractivity contribution is 0.935. The van der Waals surface area contributed by atoms with E-state index in [1.165, 1.54) is 22.4 Å². The Hall–Kier alpha value is -1.24. The van der Waals surface area contributed by atoms with E-state index in [4.69, 9.17) is 0 Å². The predicted octanol–water partition coefficient (Wildman–Crippen LogP) is 3.27. The molecule has 0 aliphatic rings. The molecule has 1 N–H and O–H groups in total. The zero-order valence-corrected chi connectivity index (χ0v) is 9.52. The fraction of sp³-hybridized carbons (Fsp3) is 0.385. The number of nitrogens with one attached hydrogen (secondary N) is 1. The second kappa shape index (κ2) is 4.85. The Balaban J connectivity index is 3.11. The van der Waals surface area contributed by atoms with Crippen LogP contribution in [-0.2, 0) is 0 Å². The van der Waals surface area contributed by atoms with Gasteiger partial charge in [0.25, 0.3) is 0 Å². The van der Waals surface area contributed by atoms with Crippen molar-refractivity contribution in [2.75, 3.05) is 6.54 Å². The molecule has 0 atom stereocenters. The van der Waals surface area contributed by atoms with Crippen molar-refractivity contribution >= 4 is 5.70 Å². The van der Waals surface area contributed by atoms with E-state index in [2.05, 4.69) is 57.3 Å². The van der Waals surface area contributed by atoms with E-state index >= 15 is 0 Å². The van der Waals surface area contributed by atoms with Gasteiger partial charge in [0.15, 0.2) is 0 Å². The summed E-state index contributed by atoms with van der Waals surface area (Å²) in [5.74, 6) is 0. The van der Waals surface area contributed by atoms with Crippen molar-refractivity contribution in [1.29, 1.82) is 0 Å². The molecule has 0 fully saturated rings. The van der Waals surface area contributed by atoms with Gasteiger partial charge in [-0.05, 0) is 38.8 Å². The van der Waals surface area contributed by atoms with Crippen LogP contribution < -0.4 is 5.32 Å². The summed E-state index contributed by atoms with van der Waals surface area (Å²) in [5.41, 5.74) is 5.25. The molecule has 0 unspecified atom stereocenters. The van der Waals surface area contributed by atoms with Crippen LogP contribution in [0.2, 0.25) is 0 Å². The molecule has 1 nitrogen and oxygen atoms in total. The summed E-state index contributed by atoms with van der Waals surface area (Å²) in [5, 5.41) is 3.38. The molecule has 1 aromatic carbocycles. The number of benzene rings is 1. The van der Waals surface area contributed by atoms with Crippen LogP contribution in [0.4, 0.5) is 0 Å². The number of hydrogen-bond donors (Lipinski definition) is 1. The highest BCUT2D eigenvalue weighted by Crippen LogP contribution is 2.19. The maximum Gasteiger partial charge on any atom is 0.0373 e. The molecular formula is C13H19N. The molecule has 0 aromatic heterocycles. The Morgan fingerprint density at radius 1 is 1.36 bits per heavy atom. The Bertz CT molecular complexity index is 337. The Morgan fingerprint density at radius 3 is 2.64 bits per heavy atom. The van der Waals surface area contributed by atoms with E-state index < -0.39 is 0 Å². The molecule has 0 heterocycles. The quantitative estimate of drug-likeness (QED) is 0.769. The van der Waals surface area contributed by atoms with Crippen molar-refractivity contribution in [1.82, 2.24) is 5.32 Å². The van der Waals surface area contributed by atoms with Crippen molar-refractivity contribution in [2.45, 2.75) is 27.7 Å². The molecule has 1 rings (SSSR count). The van der Waals surface area contributed by atoms with Crippen molar-refractivity contribution in [2.24, 2.45) is 0 Å². The Morgan fingerprint density at radius 2 is 2.07 bits per heavy atom. The summed E-state index contributed by atoms with van der Waals surface area (Å²) in [4.78, 5) is 0. The first-order valence-corrected chi connectivity index (χ1v) is 5.17. The van der Waals surface area contributed by atoms with Crippen LogP contribution in [0.25, 0.3) is 5.70 Å². The maximum atomic E-state index is 3.38. The minimum Gasteiger partial charge on any atom is -0.385 e. The van der Waals surface area contributed by atoms with Crippen molar-refractivity contribution < 1.29 is 0 Å². The summed E-state index contributed by atoms with van der Waals surface area (Å²) in [7, 11) is 0. The van der Waals surface area contributed by atoms with Gasteiger partial charge in [0.1, 0.15) is 0 Å². The van der Waals surface area contributed by atoms with Gasteiger partial charge < -0.3 is 5.32 Å². The molecule has 1 aromatic rings. The van der Waals surface area contributed by atoms with Gasteiger partial charge in [-0.2, -0.15) is 0 Å². The first-order chi connectivity index (χ1) is 6.70. The van der Waals surface area contributed by atoms with Gasteiger partial charge >= 0.3 is 0 Å². The van der Waals surface area contributed by atoms with E-state index in [9.17, 15) is 0 Å². The van der Waals surface area contributed by atoms with Crippen LogP contribution in [0.15, 0.2) is 24.3 Å². The van der Waals surface area contributed by atoms with Crippen molar-refractivity contribution in [3.05, 3.63) is 41.0 Å². The van der Waals surface area contributed by atoms with Gasteiger partial charge in [-0.3, -0.25) is 0 Å². The fourth-order valence-electron chi connectivity index (χ4n) is 1.59. The van der Waals surface area contributed by atoms with Crippen molar-refractivity contribution in [3.8, 4) is 0 Å². The average Bonchev–Trinajstić information content (AvgIpc) is 2.19. The summed E-state index contributed by atoms with van der Waals surface area (Å²) in [6.07, 6.45) is 2.13. The van der Waals surface area contributed by atoms with Gasteiger partial charge in [0.05, 0.1) is 0 Å². The van der Waals surface area contributed by atoms with Gasteiger partial charge in [-0.15, -0.1) is 0 Å². The number of rotatable bonds is 3. The average molecular weight is 189 g/mol. The molecular weight excluding hydrogens is 170 g/mol. The van der Waals surface area contributed by atoms with Crippen LogP contribution in [0.5, 0.6) is 0 Å². The Labute approximate surface area is 86.8 Å². The third-order valence-corrected chi connectivity index (χ3v) is 2.55. The molecule has 0 saturated heterocycles. The molecule has 76 valence electrons. The van der Waals surface area contributed by atoms with Gasteiger partial charge in [0, 0.05) is 17.8 Å². The largest absolute Gasteiger partial charge is 0.385 e. The fourth-order valence-corrected chi connectivity index (χ4v) is 1.59. The lowest BCUT2D eigenvalue weighted by Crippen LogP contribution is -2.11. The van der Waals surface area contributed by atoms with Gasteiger partial charge in [0.2, 0.25) is 0 Å². The molecule has 0 amide bonds. The monoisotopic (exact) mass is 189 g/mol. The lowest BCUT2D eigenvalue weighted by Gasteiger charge is -2.13. The highest BCUT2D eigenvalue weighted by Gasteiger charge is 2.03. The highest BCUT2D eigenvalue weighted by molar-refractivity contribution is 5.67. The first kappa shape index (κ1) is 10.8. The van der Waals surface area contributed by atoms with E-state index in [0.29, 0.717) is 0 Å². The Kier molecular flexibility index (Phi) is 3.75. The third-order valence-electron chi connectivity index (χ3n) is 2.55. The standard InChI is InChI=1S/C13H19N/c1-5-13(14-6-2)12-9-7-8-10(3)11(12)4/h5,7-9,14H,6H2,1-4H3/b13-5+. The van der Waals surface area contributed by atoms with E-state index in [-0.39, 0.29) is 0 Å². The maximum absolute atomic E-state index is 3.38. The van der Waals surface area contributed by atoms with Crippen molar-refractivity contribution in [3.63, 3.8) is 0 Å². The lowest BCUT2D eigenvalue weighted by atomic mass is 10.0. The topological polar surface area (TPSA) is 12.0 Å². The normalized spacial score (nSPS) is 11.6. The molecule has 0 saturated carbocycles.